The fraction of sp³-hybridized carbons (Fsp3) is 0.138. The predicted molar refractivity (Wildman–Crippen MR) is 284 cm³/mol. The van der Waals surface area contributed by atoms with Crippen molar-refractivity contribution in [3.63, 3.8) is 0 Å². The van der Waals surface area contributed by atoms with Crippen molar-refractivity contribution in [1.29, 1.82) is 0 Å². The summed E-state index contributed by atoms with van der Waals surface area (Å²) in [6.45, 7) is 4.47. The van der Waals surface area contributed by atoms with Crippen molar-refractivity contribution < 1.29 is 4.42 Å². The largest absolute Gasteiger partial charge is 0.454 e. The van der Waals surface area contributed by atoms with E-state index in [-0.39, 0.29) is 0 Å². The van der Waals surface area contributed by atoms with Crippen molar-refractivity contribution >= 4 is 82.4 Å². The highest BCUT2D eigenvalue weighted by Crippen LogP contribution is 2.65. The summed E-state index contributed by atoms with van der Waals surface area (Å²) in [7, 11) is 0. The van der Waals surface area contributed by atoms with Crippen LogP contribution in [0.3, 0.4) is 0 Å². The zero-order valence-electron chi connectivity index (χ0n) is 38.3. The number of aromatic nitrogens is 1. The number of hydrogen-bond acceptors (Lipinski definition) is 2. The number of furan rings is 1. The first-order valence-corrected chi connectivity index (χ1v) is 24.6. The van der Waals surface area contributed by atoms with Crippen molar-refractivity contribution in [2.45, 2.75) is 57.3 Å². The lowest BCUT2D eigenvalue weighted by molar-refractivity contribution is 0.442. The van der Waals surface area contributed by atoms with E-state index >= 15 is 0 Å². The van der Waals surface area contributed by atoms with E-state index in [4.69, 9.17) is 4.42 Å². The van der Waals surface area contributed by atoms with Crippen LogP contribution < -0.4 is 4.90 Å². The Morgan fingerprint density at radius 3 is 2.01 bits per heavy atom. The Kier molecular flexibility index (Phi) is 7.92. The number of nitrogens with zero attached hydrogens (tertiary/aromatic N) is 2. The lowest BCUT2D eigenvalue weighted by Crippen LogP contribution is -2.33. The SMILES string of the molecule is Cc1ccc(N(c2cc3c(c4ccccc24)-c2c(ccc4ccccc24)C32c3ccccc3-n3c4ccccc4c4cccc2c43)c2cccc3c2oc2c(C4CCCCC4)cccc23)c(C)c1. The van der Waals surface area contributed by atoms with Crippen molar-refractivity contribution in [3.05, 3.63) is 227 Å². The maximum Gasteiger partial charge on any atom is 0.159 e. The first-order valence-electron chi connectivity index (χ1n) is 24.6. The Bertz CT molecular complexity index is 4120. The third-order valence-electron chi connectivity index (χ3n) is 16.3. The van der Waals surface area contributed by atoms with Crippen LogP contribution in [0.25, 0.3) is 82.1 Å². The van der Waals surface area contributed by atoms with Gasteiger partial charge in [-0.15, -0.1) is 0 Å². The van der Waals surface area contributed by atoms with Crippen LogP contribution in [0, 0.1) is 13.8 Å². The molecule has 15 rings (SSSR count). The number of fused-ring (bicyclic) bond motifs is 19. The van der Waals surface area contributed by atoms with Crippen LogP contribution in [0.5, 0.6) is 0 Å². The van der Waals surface area contributed by atoms with Crippen molar-refractivity contribution in [3.8, 4) is 16.8 Å². The van der Waals surface area contributed by atoms with E-state index in [1.54, 1.807) is 0 Å². The lowest BCUT2D eigenvalue weighted by atomic mass is 9.65. The lowest BCUT2D eigenvalue weighted by Gasteiger charge is -2.40. The van der Waals surface area contributed by atoms with Crippen molar-refractivity contribution in [1.82, 2.24) is 4.57 Å². The van der Waals surface area contributed by atoms with E-state index in [0.717, 1.165) is 33.6 Å². The van der Waals surface area contributed by atoms with Crippen LogP contribution in [0.1, 0.15) is 77.0 Å². The summed E-state index contributed by atoms with van der Waals surface area (Å²) in [5.41, 5.74) is 20.1. The van der Waals surface area contributed by atoms with Crippen LogP contribution in [-0.4, -0.2) is 4.57 Å². The van der Waals surface area contributed by atoms with Crippen LogP contribution in [0.15, 0.2) is 192 Å². The van der Waals surface area contributed by atoms with Crippen molar-refractivity contribution in [2.75, 3.05) is 4.90 Å². The third kappa shape index (κ3) is 4.93. The molecule has 0 bridgehead atoms. The van der Waals surface area contributed by atoms with E-state index in [2.05, 4.69) is 211 Å². The van der Waals surface area contributed by atoms with E-state index in [9.17, 15) is 0 Å². The molecule has 1 saturated carbocycles. The highest BCUT2D eigenvalue weighted by molar-refractivity contribution is 6.20. The second-order valence-corrected chi connectivity index (χ2v) is 19.8. The molecule has 3 nitrogen and oxygen atoms in total. The van der Waals surface area contributed by atoms with Gasteiger partial charge in [0.15, 0.2) is 5.58 Å². The van der Waals surface area contributed by atoms with Gasteiger partial charge in [0.1, 0.15) is 5.58 Å². The monoisotopic (exact) mass is 872 g/mol. The number of para-hydroxylation sites is 5. The van der Waals surface area contributed by atoms with E-state index in [1.165, 1.54) is 137 Å². The number of benzene rings is 10. The molecule has 1 spiro atoms. The Balaban J connectivity index is 1.11. The zero-order chi connectivity index (χ0) is 44.8. The zero-order valence-corrected chi connectivity index (χ0v) is 38.3. The molecule has 12 aromatic rings. The Morgan fingerprint density at radius 1 is 0.471 bits per heavy atom. The first-order chi connectivity index (χ1) is 33.6. The Hall–Kier alpha value is -7.88. The van der Waals surface area contributed by atoms with Crippen LogP contribution in [0.4, 0.5) is 17.1 Å². The van der Waals surface area contributed by atoms with Gasteiger partial charge in [-0.3, -0.25) is 0 Å². The van der Waals surface area contributed by atoms with Crippen LogP contribution in [0.2, 0.25) is 0 Å². The van der Waals surface area contributed by atoms with Gasteiger partial charge in [0.05, 0.1) is 33.5 Å². The molecule has 2 aromatic heterocycles. The minimum atomic E-state index is -0.651. The van der Waals surface area contributed by atoms with Gasteiger partial charge in [-0.2, -0.15) is 0 Å². The molecule has 0 saturated heterocycles. The summed E-state index contributed by atoms with van der Waals surface area (Å²) in [6, 6.07) is 71.5. The Labute approximate surface area is 395 Å². The molecule has 0 amide bonds. The smallest absolute Gasteiger partial charge is 0.159 e. The fourth-order valence-corrected chi connectivity index (χ4v) is 13.6. The summed E-state index contributed by atoms with van der Waals surface area (Å²) in [5, 5.41) is 9.90. The molecule has 1 atom stereocenters. The number of rotatable bonds is 4. The molecule has 0 radical (unpaired) electrons. The van der Waals surface area contributed by atoms with E-state index in [0.29, 0.717) is 5.92 Å². The quantitative estimate of drug-likeness (QED) is 0.176. The minimum Gasteiger partial charge on any atom is -0.454 e. The third-order valence-corrected chi connectivity index (χ3v) is 16.3. The number of aryl methyl sites for hydroxylation is 2. The average Bonchev–Trinajstić information content (AvgIpc) is 4.04. The maximum atomic E-state index is 7.38. The average molecular weight is 873 g/mol. The molecular weight excluding hydrogens is 825 g/mol. The fourth-order valence-electron chi connectivity index (χ4n) is 13.6. The van der Waals surface area contributed by atoms with Gasteiger partial charge in [0.25, 0.3) is 0 Å². The van der Waals surface area contributed by atoms with Crippen molar-refractivity contribution in [2.24, 2.45) is 0 Å². The van der Waals surface area contributed by atoms with Gasteiger partial charge in [-0.1, -0.05) is 183 Å². The normalized spacial score (nSPS) is 16.4. The molecule has 1 unspecified atom stereocenters. The second kappa shape index (κ2) is 14.1. The first kappa shape index (κ1) is 38.2. The number of hydrogen-bond donors (Lipinski definition) is 0. The molecule has 1 fully saturated rings. The van der Waals surface area contributed by atoms with E-state index in [1.807, 2.05) is 0 Å². The molecule has 3 heteroatoms. The van der Waals surface area contributed by atoms with Gasteiger partial charge in [0.2, 0.25) is 0 Å². The predicted octanol–water partition coefficient (Wildman–Crippen LogP) is 17.8. The summed E-state index contributed by atoms with van der Waals surface area (Å²) in [5.74, 6) is 0.517. The number of anilines is 3. The molecule has 3 heterocycles. The Morgan fingerprint density at radius 2 is 1.15 bits per heavy atom. The summed E-state index contributed by atoms with van der Waals surface area (Å²) < 4.78 is 9.93. The topological polar surface area (TPSA) is 21.3 Å². The van der Waals surface area contributed by atoms with Gasteiger partial charge >= 0.3 is 0 Å². The molecule has 3 aliphatic rings. The molecule has 0 N–H and O–H groups in total. The minimum absolute atomic E-state index is 0.517. The molecule has 10 aromatic carbocycles. The van der Waals surface area contributed by atoms with E-state index < -0.39 is 5.41 Å². The van der Waals surface area contributed by atoms with Gasteiger partial charge < -0.3 is 13.9 Å². The van der Waals surface area contributed by atoms with Gasteiger partial charge in [-0.25, -0.2) is 0 Å². The van der Waals surface area contributed by atoms with Crippen LogP contribution >= 0.6 is 0 Å². The highest BCUT2D eigenvalue weighted by Gasteiger charge is 2.52. The maximum absolute atomic E-state index is 7.38. The molecular formula is C65H48N2O. The van der Waals surface area contributed by atoms with Gasteiger partial charge in [0, 0.05) is 32.6 Å². The molecule has 324 valence electrons. The summed E-state index contributed by atoms with van der Waals surface area (Å²) >= 11 is 0. The van der Waals surface area contributed by atoms with Crippen LogP contribution in [-0.2, 0) is 5.41 Å². The highest BCUT2D eigenvalue weighted by atomic mass is 16.3. The second-order valence-electron chi connectivity index (χ2n) is 19.8. The standard InChI is InChI=1S/C65H48N2O/c1-39-33-36-55(40(2)37-39)66(58-32-16-27-50-49-26-14-24-44(63(49)68-64(50)58)41-17-4-3-5-18-41)59-38-54-61(47-23-9-8-21-45(47)59)60-43-20-7-6-19-42(43)34-35-52(60)65(54)51-28-11-13-31-57(51)67-56-30-12-10-22-46(56)48-25-15-29-53(65)62(48)67/h6-16,19-38,41H,3-5,17-18H2,1-2H3. The molecule has 2 aliphatic carbocycles. The molecule has 1 aliphatic heterocycles. The van der Waals surface area contributed by atoms with Gasteiger partial charge in [-0.05, 0) is 124 Å². The summed E-state index contributed by atoms with van der Waals surface area (Å²) in [6.07, 6.45) is 6.32. The molecule has 68 heavy (non-hydrogen) atoms. The summed E-state index contributed by atoms with van der Waals surface area (Å²) in [4.78, 5) is 2.55.